The van der Waals surface area contributed by atoms with Crippen molar-refractivity contribution in [3.05, 3.63) is 23.5 Å². The van der Waals surface area contributed by atoms with Gasteiger partial charge in [-0.1, -0.05) is 0 Å². The van der Waals surface area contributed by atoms with Crippen LogP contribution in [0.25, 0.3) is 11.0 Å². The molecule has 0 spiro atoms. The summed E-state index contributed by atoms with van der Waals surface area (Å²) in [7, 11) is 0. The monoisotopic (exact) mass is 341 g/mol. The van der Waals surface area contributed by atoms with E-state index in [1.165, 1.54) is 6.20 Å². The number of fused-ring (bicyclic) bond motifs is 1. The molecule has 0 saturated carbocycles. The molecule has 0 aliphatic heterocycles. The van der Waals surface area contributed by atoms with Crippen LogP contribution < -0.4 is 11.1 Å². The van der Waals surface area contributed by atoms with Gasteiger partial charge in [0, 0.05) is 17.3 Å². The fourth-order valence-electron chi connectivity index (χ4n) is 1.53. The number of carbonyl (C=O) groups excluding carboxylic acids is 1. The second kappa shape index (κ2) is 7.48. The zero-order valence-electron chi connectivity index (χ0n) is 11.0. The molecule has 6 nitrogen and oxygen atoms in total. The summed E-state index contributed by atoms with van der Waals surface area (Å²) in [6.45, 7) is 0.164. The lowest BCUT2D eigenvalue weighted by Crippen LogP contribution is -2.41. The largest absolute Gasteiger partial charge is 0.346 e. The lowest BCUT2D eigenvalue weighted by Gasteiger charge is -2.14. The predicted octanol–water partition coefficient (Wildman–Crippen LogP) is 1.43. The number of carbonyl (C=O) groups is 1. The highest BCUT2D eigenvalue weighted by atomic mass is 35.5. The van der Waals surface area contributed by atoms with E-state index in [-0.39, 0.29) is 30.4 Å². The van der Waals surface area contributed by atoms with Gasteiger partial charge in [-0.15, -0.1) is 24.8 Å². The van der Waals surface area contributed by atoms with Crippen LogP contribution >= 0.6 is 24.8 Å². The van der Waals surface area contributed by atoms with Crippen LogP contribution in [0, 0.1) is 6.92 Å². The number of hydrogen-bond acceptors (Lipinski definition) is 4. The van der Waals surface area contributed by atoms with E-state index in [2.05, 4.69) is 20.5 Å². The fourth-order valence-corrected chi connectivity index (χ4v) is 1.53. The number of rotatable bonds is 4. The lowest BCUT2D eigenvalue weighted by molar-refractivity contribution is 0.0118. The maximum atomic E-state index is 12.9. The van der Waals surface area contributed by atoms with Crippen molar-refractivity contribution in [2.75, 3.05) is 13.1 Å². The summed E-state index contributed by atoms with van der Waals surface area (Å²) in [6, 6.07) is 1.55. The van der Waals surface area contributed by atoms with Crippen molar-refractivity contribution in [2.45, 2.75) is 12.8 Å². The normalized spacial score (nSPS) is 10.7. The van der Waals surface area contributed by atoms with Crippen molar-refractivity contribution in [1.82, 2.24) is 20.5 Å². The maximum absolute atomic E-state index is 12.9. The number of amides is 1. The summed E-state index contributed by atoms with van der Waals surface area (Å²) >= 11 is 0. The van der Waals surface area contributed by atoms with Crippen LogP contribution in [-0.2, 0) is 0 Å². The standard InChI is InChI=1S/C11H13F2N5O.2ClH/c1-6-8-2-7(3-15-9(8)18-17-6)10(19)16-5-11(12,13)4-14;;/h2-3H,4-5,14H2,1H3,(H,16,19)(H,15,17,18);2*1H. The van der Waals surface area contributed by atoms with Crippen LogP contribution in [0.15, 0.2) is 12.3 Å². The number of nitrogens with two attached hydrogens (primary N) is 1. The van der Waals surface area contributed by atoms with E-state index in [4.69, 9.17) is 5.73 Å². The first-order valence-electron chi connectivity index (χ1n) is 5.60. The molecule has 2 aromatic heterocycles. The molecule has 0 radical (unpaired) electrons. The third-order valence-electron chi connectivity index (χ3n) is 2.67. The molecule has 10 heteroatoms. The SMILES string of the molecule is Cc1[nH]nc2ncc(C(=O)NCC(F)(F)CN)cc12.Cl.Cl. The molecule has 118 valence electrons. The molecule has 0 fully saturated rings. The Bertz CT molecular complexity index is 620. The van der Waals surface area contributed by atoms with Gasteiger partial charge in [0.25, 0.3) is 11.8 Å². The van der Waals surface area contributed by atoms with Gasteiger partial charge in [0.15, 0.2) is 5.65 Å². The van der Waals surface area contributed by atoms with Gasteiger partial charge in [0.2, 0.25) is 0 Å². The van der Waals surface area contributed by atoms with Gasteiger partial charge in [-0.25, -0.2) is 13.8 Å². The minimum absolute atomic E-state index is 0. The Labute approximate surface area is 131 Å². The smallest absolute Gasteiger partial charge is 0.277 e. The minimum atomic E-state index is -3.11. The number of halogens is 4. The molecule has 21 heavy (non-hydrogen) atoms. The molecule has 2 heterocycles. The van der Waals surface area contributed by atoms with E-state index in [1.807, 2.05) is 0 Å². The van der Waals surface area contributed by atoms with Crippen LogP contribution in [-0.4, -0.2) is 40.1 Å². The lowest BCUT2D eigenvalue weighted by atomic mass is 10.2. The Balaban J connectivity index is 0.00000200. The molecule has 0 unspecified atom stereocenters. The molecular formula is C11H15Cl2F2N5O. The molecule has 0 aliphatic carbocycles. The first-order chi connectivity index (χ1) is 8.93. The van der Waals surface area contributed by atoms with Gasteiger partial charge in [-0.2, -0.15) is 5.10 Å². The first kappa shape index (κ1) is 19.5. The number of aryl methyl sites for hydroxylation is 1. The van der Waals surface area contributed by atoms with Gasteiger partial charge in [0.1, 0.15) is 0 Å². The summed E-state index contributed by atoms with van der Waals surface area (Å²) in [5.41, 5.74) is 6.31. The van der Waals surface area contributed by atoms with Crippen LogP contribution in [0.3, 0.4) is 0 Å². The quantitative estimate of drug-likeness (QED) is 0.783. The average Bonchev–Trinajstić information content (AvgIpc) is 2.77. The highest BCUT2D eigenvalue weighted by molar-refractivity contribution is 5.97. The Morgan fingerprint density at radius 1 is 1.48 bits per heavy atom. The number of hydrogen-bond donors (Lipinski definition) is 3. The van der Waals surface area contributed by atoms with Crippen molar-refractivity contribution in [3.63, 3.8) is 0 Å². The molecule has 0 atom stereocenters. The summed E-state index contributed by atoms with van der Waals surface area (Å²) in [6.07, 6.45) is 1.29. The van der Waals surface area contributed by atoms with Gasteiger partial charge in [-0.05, 0) is 13.0 Å². The zero-order valence-corrected chi connectivity index (χ0v) is 12.7. The highest BCUT2D eigenvalue weighted by Gasteiger charge is 2.27. The van der Waals surface area contributed by atoms with Gasteiger partial charge in [-0.3, -0.25) is 9.89 Å². The second-order valence-electron chi connectivity index (χ2n) is 4.19. The summed E-state index contributed by atoms with van der Waals surface area (Å²) in [5.74, 6) is -3.73. The van der Waals surface area contributed by atoms with Crippen molar-refractivity contribution >= 4 is 41.8 Å². The van der Waals surface area contributed by atoms with Crippen molar-refractivity contribution < 1.29 is 13.6 Å². The fraction of sp³-hybridized carbons (Fsp3) is 0.364. The number of nitrogens with zero attached hydrogens (tertiary/aromatic N) is 2. The Kier molecular flexibility index (Phi) is 6.95. The van der Waals surface area contributed by atoms with Crippen LogP contribution in [0.2, 0.25) is 0 Å². The van der Waals surface area contributed by atoms with Crippen LogP contribution in [0.1, 0.15) is 16.1 Å². The average molecular weight is 342 g/mol. The van der Waals surface area contributed by atoms with Crippen molar-refractivity contribution in [2.24, 2.45) is 5.73 Å². The van der Waals surface area contributed by atoms with Crippen molar-refractivity contribution in [3.8, 4) is 0 Å². The van der Waals surface area contributed by atoms with E-state index in [1.54, 1.807) is 13.0 Å². The zero-order chi connectivity index (χ0) is 14.0. The Morgan fingerprint density at radius 2 is 2.14 bits per heavy atom. The molecule has 0 bridgehead atoms. The Morgan fingerprint density at radius 3 is 2.76 bits per heavy atom. The molecule has 0 aliphatic rings. The predicted molar refractivity (Wildman–Crippen MR) is 79.5 cm³/mol. The summed E-state index contributed by atoms with van der Waals surface area (Å²) in [4.78, 5) is 15.7. The Hall–Kier alpha value is -1.51. The van der Waals surface area contributed by atoms with Gasteiger partial charge >= 0.3 is 0 Å². The summed E-state index contributed by atoms with van der Waals surface area (Å²) in [5, 5.41) is 9.45. The van der Waals surface area contributed by atoms with E-state index in [0.717, 1.165) is 5.69 Å². The summed E-state index contributed by atoms with van der Waals surface area (Å²) < 4.78 is 25.9. The topological polar surface area (TPSA) is 96.7 Å². The molecule has 0 aromatic carbocycles. The van der Waals surface area contributed by atoms with E-state index >= 15 is 0 Å². The second-order valence-corrected chi connectivity index (χ2v) is 4.19. The third kappa shape index (κ3) is 4.48. The van der Waals surface area contributed by atoms with Gasteiger partial charge in [0.05, 0.1) is 18.7 Å². The number of aromatic nitrogens is 3. The molecule has 2 rings (SSSR count). The van der Waals surface area contributed by atoms with Gasteiger partial charge < -0.3 is 11.1 Å². The highest BCUT2D eigenvalue weighted by Crippen LogP contribution is 2.15. The molecule has 1 amide bonds. The van der Waals surface area contributed by atoms with E-state index in [9.17, 15) is 13.6 Å². The van der Waals surface area contributed by atoms with E-state index in [0.29, 0.717) is 11.0 Å². The molecular weight excluding hydrogens is 327 g/mol. The van der Waals surface area contributed by atoms with Crippen LogP contribution in [0.4, 0.5) is 8.78 Å². The molecule has 0 saturated heterocycles. The number of alkyl halides is 2. The molecule has 2 aromatic rings. The van der Waals surface area contributed by atoms with E-state index < -0.39 is 24.9 Å². The molecule has 4 N–H and O–H groups in total. The third-order valence-corrected chi connectivity index (χ3v) is 2.67. The number of pyridine rings is 1. The minimum Gasteiger partial charge on any atom is -0.346 e. The van der Waals surface area contributed by atoms with Crippen LogP contribution in [0.5, 0.6) is 0 Å². The first-order valence-corrected chi connectivity index (χ1v) is 5.60. The number of nitrogens with one attached hydrogen (secondary N) is 2. The number of aromatic amines is 1. The van der Waals surface area contributed by atoms with Crippen molar-refractivity contribution in [1.29, 1.82) is 0 Å². The number of H-pyrrole nitrogens is 1. The maximum Gasteiger partial charge on any atom is 0.277 e.